The number of aliphatic hydroxyl groups is 1. The van der Waals surface area contributed by atoms with Crippen LogP contribution in [-0.4, -0.2) is 27.8 Å². The lowest BCUT2D eigenvalue weighted by molar-refractivity contribution is 0.102. The number of carbonyl (C=O) groups excluding carboxylic acids is 1. The molecule has 0 aromatic carbocycles. The van der Waals surface area contributed by atoms with E-state index in [2.05, 4.69) is 27.3 Å². The van der Waals surface area contributed by atoms with E-state index in [1.54, 1.807) is 25.1 Å². The van der Waals surface area contributed by atoms with Crippen LogP contribution in [0.5, 0.6) is 0 Å². The van der Waals surface area contributed by atoms with Crippen LogP contribution in [0.15, 0.2) is 28.9 Å². The smallest absolute Gasteiger partial charge is 0.275 e. The van der Waals surface area contributed by atoms with Crippen molar-refractivity contribution in [1.29, 1.82) is 0 Å². The van der Waals surface area contributed by atoms with Crippen molar-refractivity contribution >= 4 is 11.7 Å². The van der Waals surface area contributed by atoms with Crippen molar-refractivity contribution in [3.05, 3.63) is 41.4 Å². The van der Waals surface area contributed by atoms with Crippen LogP contribution in [0.1, 0.15) is 21.8 Å². The number of nitrogens with one attached hydrogen (secondary N) is 1. The summed E-state index contributed by atoms with van der Waals surface area (Å²) in [5.74, 6) is 5.76. The minimum absolute atomic E-state index is 0.215. The number of carbonyl (C=O) groups is 1. The molecule has 2 aromatic heterocycles. The zero-order chi connectivity index (χ0) is 13.7. The van der Waals surface area contributed by atoms with Crippen LogP contribution in [0.2, 0.25) is 0 Å². The van der Waals surface area contributed by atoms with E-state index in [1.165, 1.54) is 6.20 Å². The third-order valence-electron chi connectivity index (χ3n) is 2.18. The molecule has 0 fully saturated rings. The number of aryl methyl sites for hydroxylation is 1. The van der Waals surface area contributed by atoms with E-state index in [4.69, 9.17) is 9.63 Å². The standard InChI is InChI=1S/C13H11N3O3/c1-9-7-12(16-19-9)15-13(18)11-5-4-10(8-14-11)3-2-6-17/h4-5,7-8,17H,6H2,1H3,(H,15,16,18). The highest BCUT2D eigenvalue weighted by atomic mass is 16.5. The molecular formula is C13H11N3O3. The second-order valence-electron chi connectivity index (χ2n) is 3.67. The van der Waals surface area contributed by atoms with Crippen LogP contribution in [0.4, 0.5) is 5.82 Å². The molecule has 0 saturated carbocycles. The molecule has 1 amide bonds. The molecular weight excluding hydrogens is 246 g/mol. The van der Waals surface area contributed by atoms with Gasteiger partial charge >= 0.3 is 0 Å². The van der Waals surface area contributed by atoms with E-state index in [1.807, 2.05) is 0 Å². The lowest BCUT2D eigenvalue weighted by Gasteiger charge is -2.00. The van der Waals surface area contributed by atoms with E-state index >= 15 is 0 Å². The minimum Gasteiger partial charge on any atom is -0.384 e. The molecule has 0 spiro atoms. The molecule has 0 aliphatic rings. The monoisotopic (exact) mass is 257 g/mol. The number of hydrogen-bond donors (Lipinski definition) is 2. The third-order valence-corrected chi connectivity index (χ3v) is 2.18. The largest absolute Gasteiger partial charge is 0.384 e. The van der Waals surface area contributed by atoms with Crippen molar-refractivity contribution in [2.45, 2.75) is 6.92 Å². The van der Waals surface area contributed by atoms with Gasteiger partial charge in [-0.3, -0.25) is 4.79 Å². The minimum atomic E-state index is -0.380. The average Bonchev–Trinajstić information content (AvgIpc) is 2.82. The lowest BCUT2D eigenvalue weighted by atomic mass is 10.2. The summed E-state index contributed by atoms with van der Waals surface area (Å²) in [6.07, 6.45) is 1.46. The van der Waals surface area contributed by atoms with Crippen molar-refractivity contribution in [3.8, 4) is 11.8 Å². The van der Waals surface area contributed by atoms with Crippen molar-refractivity contribution in [3.63, 3.8) is 0 Å². The molecule has 0 unspecified atom stereocenters. The number of aromatic nitrogens is 2. The summed E-state index contributed by atoms with van der Waals surface area (Å²) in [5.41, 5.74) is 0.873. The van der Waals surface area contributed by atoms with Crippen LogP contribution in [0.25, 0.3) is 0 Å². The van der Waals surface area contributed by atoms with Gasteiger partial charge in [0.25, 0.3) is 5.91 Å². The van der Waals surface area contributed by atoms with Crippen LogP contribution < -0.4 is 5.32 Å². The number of aliphatic hydroxyl groups excluding tert-OH is 1. The lowest BCUT2D eigenvalue weighted by Crippen LogP contribution is -2.13. The molecule has 2 heterocycles. The number of anilines is 1. The summed E-state index contributed by atoms with van der Waals surface area (Å²) in [6, 6.07) is 4.81. The highest BCUT2D eigenvalue weighted by Gasteiger charge is 2.09. The predicted octanol–water partition coefficient (Wildman–Crippen LogP) is 0.974. The molecule has 96 valence electrons. The van der Waals surface area contributed by atoms with Gasteiger partial charge in [0, 0.05) is 17.8 Å². The first-order valence-electron chi connectivity index (χ1n) is 5.49. The van der Waals surface area contributed by atoms with Gasteiger partial charge in [-0.15, -0.1) is 0 Å². The van der Waals surface area contributed by atoms with Gasteiger partial charge in [0.2, 0.25) is 0 Å². The van der Waals surface area contributed by atoms with E-state index in [0.717, 1.165) is 0 Å². The number of pyridine rings is 1. The van der Waals surface area contributed by atoms with Crippen LogP contribution >= 0.6 is 0 Å². The fourth-order valence-electron chi connectivity index (χ4n) is 1.35. The molecule has 0 radical (unpaired) electrons. The molecule has 2 N–H and O–H groups in total. The predicted molar refractivity (Wildman–Crippen MR) is 67.4 cm³/mol. The Bertz CT molecular complexity index is 635. The fourth-order valence-corrected chi connectivity index (χ4v) is 1.35. The van der Waals surface area contributed by atoms with Gasteiger partial charge in [-0.2, -0.15) is 0 Å². The molecule has 2 aromatic rings. The van der Waals surface area contributed by atoms with Gasteiger partial charge in [0.15, 0.2) is 5.82 Å². The normalized spacial score (nSPS) is 9.58. The first-order chi connectivity index (χ1) is 9.19. The van der Waals surface area contributed by atoms with Crippen LogP contribution in [0.3, 0.4) is 0 Å². The van der Waals surface area contributed by atoms with E-state index < -0.39 is 0 Å². The van der Waals surface area contributed by atoms with Crippen molar-refractivity contribution in [1.82, 2.24) is 10.1 Å². The second kappa shape index (κ2) is 5.80. The maximum absolute atomic E-state index is 11.8. The van der Waals surface area contributed by atoms with Crippen molar-refractivity contribution in [2.24, 2.45) is 0 Å². The number of rotatable bonds is 2. The van der Waals surface area contributed by atoms with Gasteiger partial charge in [-0.25, -0.2) is 4.98 Å². The van der Waals surface area contributed by atoms with E-state index in [-0.39, 0.29) is 18.2 Å². The van der Waals surface area contributed by atoms with E-state index in [0.29, 0.717) is 17.1 Å². The average molecular weight is 257 g/mol. The topological polar surface area (TPSA) is 88.2 Å². The highest BCUT2D eigenvalue weighted by molar-refractivity contribution is 6.02. The zero-order valence-corrected chi connectivity index (χ0v) is 10.2. The Hall–Kier alpha value is -2.65. The van der Waals surface area contributed by atoms with Gasteiger partial charge in [0.1, 0.15) is 18.1 Å². The van der Waals surface area contributed by atoms with Gasteiger partial charge in [0.05, 0.1) is 0 Å². The summed E-state index contributed by atoms with van der Waals surface area (Å²) in [5, 5.41) is 14.8. The van der Waals surface area contributed by atoms with Crippen LogP contribution in [0, 0.1) is 18.8 Å². The Morgan fingerprint density at radius 1 is 1.53 bits per heavy atom. The first-order valence-corrected chi connectivity index (χ1v) is 5.49. The molecule has 0 aliphatic carbocycles. The van der Waals surface area contributed by atoms with Crippen molar-refractivity contribution < 1.29 is 14.4 Å². The zero-order valence-electron chi connectivity index (χ0n) is 10.2. The molecule has 19 heavy (non-hydrogen) atoms. The summed E-state index contributed by atoms with van der Waals surface area (Å²) in [6.45, 7) is 1.52. The number of amides is 1. The summed E-state index contributed by atoms with van der Waals surface area (Å²) in [7, 11) is 0. The Balaban J connectivity index is 2.07. The Morgan fingerprint density at radius 3 is 2.95 bits per heavy atom. The maximum Gasteiger partial charge on any atom is 0.275 e. The Kier molecular flexibility index (Phi) is 3.90. The molecule has 0 atom stereocenters. The quantitative estimate of drug-likeness (QED) is 0.783. The van der Waals surface area contributed by atoms with Crippen molar-refractivity contribution in [2.75, 3.05) is 11.9 Å². The Labute approximate surface area is 109 Å². The third kappa shape index (κ3) is 3.40. The van der Waals surface area contributed by atoms with Gasteiger partial charge in [-0.1, -0.05) is 17.0 Å². The first kappa shape index (κ1) is 12.8. The molecule has 2 rings (SSSR count). The molecule has 0 aliphatic heterocycles. The molecule has 6 heteroatoms. The second-order valence-corrected chi connectivity index (χ2v) is 3.67. The maximum atomic E-state index is 11.8. The van der Waals surface area contributed by atoms with Gasteiger partial charge < -0.3 is 14.9 Å². The fraction of sp³-hybridized carbons (Fsp3) is 0.154. The number of nitrogens with zero attached hydrogens (tertiary/aromatic N) is 2. The molecule has 0 saturated heterocycles. The SMILES string of the molecule is Cc1cc(NC(=O)c2ccc(C#CCO)cn2)no1. The number of hydrogen-bond acceptors (Lipinski definition) is 5. The summed E-state index contributed by atoms with van der Waals surface area (Å²) >= 11 is 0. The van der Waals surface area contributed by atoms with E-state index in [9.17, 15) is 4.79 Å². The van der Waals surface area contributed by atoms with Gasteiger partial charge in [-0.05, 0) is 19.1 Å². The summed E-state index contributed by atoms with van der Waals surface area (Å²) in [4.78, 5) is 15.8. The highest BCUT2D eigenvalue weighted by Crippen LogP contribution is 2.08. The molecule has 0 bridgehead atoms. The molecule has 6 nitrogen and oxygen atoms in total. The van der Waals surface area contributed by atoms with Crippen LogP contribution in [-0.2, 0) is 0 Å². The Morgan fingerprint density at radius 2 is 2.37 bits per heavy atom. The summed E-state index contributed by atoms with van der Waals surface area (Å²) < 4.78 is 4.84.